The standard InChI is InChI=1S/C27H20N2O5/c1-16-6-10-19(11-7-16)25(31)23-24(20-4-3-5-22(14-20)34-17(2)30)29(27(33)26(23)32)21-12-8-18(15-28)9-13-21/h3-14,24,31H,1-2H3/b25-23-. The largest absolute Gasteiger partial charge is 0.507 e. The summed E-state index contributed by atoms with van der Waals surface area (Å²) in [6, 6.07) is 20.6. The number of hydrogen-bond acceptors (Lipinski definition) is 6. The van der Waals surface area contributed by atoms with Gasteiger partial charge < -0.3 is 9.84 Å². The minimum atomic E-state index is -0.982. The maximum atomic E-state index is 13.2. The highest BCUT2D eigenvalue weighted by molar-refractivity contribution is 6.51. The summed E-state index contributed by atoms with van der Waals surface area (Å²) in [6.07, 6.45) is 0. The van der Waals surface area contributed by atoms with Crippen LogP contribution in [0.2, 0.25) is 0 Å². The maximum Gasteiger partial charge on any atom is 0.308 e. The lowest BCUT2D eigenvalue weighted by atomic mass is 9.94. The van der Waals surface area contributed by atoms with E-state index in [1.165, 1.54) is 11.8 Å². The van der Waals surface area contributed by atoms with Gasteiger partial charge in [0, 0.05) is 18.2 Å². The smallest absolute Gasteiger partial charge is 0.308 e. The molecular formula is C27H20N2O5. The van der Waals surface area contributed by atoms with E-state index in [1.54, 1.807) is 72.8 Å². The summed E-state index contributed by atoms with van der Waals surface area (Å²) >= 11 is 0. The van der Waals surface area contributed by atoms with E-state index in [4.69, 9.17) is 10.00 Å². The van der Waals surface area contributed by atoms with Crippen molar-refractivity contribution in [1.82, 2.24) is 0 Å². The van der Waals surface area contributed by atoms with Crippen LogP contribution in [0.25, 0.3) is 5.76 Å². The Morgan fingerprint density at radius 3 is 2.32 bits per heavy atom. The van der Waals surface area contributed by atoms with Crippen molar-refractivity contribution in [1.29, 1.82) is 5.26 Å². The summed E-state index contributed by atoms with van der Waals surface area (Å²) in [6.45, 7) is 3.17. The molecule has 1 N–H and O–H groups in total. The second-order valence-corrected chi connectivity index (χ2v) is 7.86. The number of amides is 1. The highest BCUT2D eigenvalue weighted by Gasteiger charge is 2.47. The van der Waals surface area contributed by atoms with Crippen molar-refractivity contribution in [2.75, 3.05) is 4.90 Å². The van der Waals surface area contributed by atoms with Gasteiger partial charge in [-0.3, -0.25) is 19.3 Å². The van der Waals surface area contributed by atoms with Crippen LogP contribution in [-0.4, -0.2) is 22.8 Å². The summed E-state index contributed by atoms with van der Waals surface area (Å²) in [5.74, 6) is -2.24. The molecule has 0 bridgehead atoms. The molecule has 1 unspecified atom stereocenters. The minimum Gasteiger partial charge on any atom is -0.507 e. The van der Waals surface area contributed by atoms with Gasteiger partial charge in [-0.15, -0.1) is 0 Å². The van der Waals surface area contributed by atoms with Crippen LogP contribution in [0.1, 0.15) is 35.2 Å². The van der Waals surface area contributed by atoms with Gasteiger partial charge in [0.2, 0.25) is 0 Å². The van der Waals surface area contributed by atoms with Gasteiger partial charge in [0.15, 0.2) is 0 Å². The van der Waals surface area contributed by atoms with Crippen molar-refractivity contribution in [3.63, 3.8) is 0 Å². The molecule has 1 aliphatic heterocycles. The predicted molar refractivity (Wildman–Crippen MR) is 125 cm³/mol. The average molecular weight is 452 g/mol. The van der Waals surface area contributed by atoms with E-state index in [9.17, 15) is 19.5 Å². The van der Waals surface area contributed by atoms with E-state index in [0.717, 1.165) is 5.56 Å². The van der Waals surface area contributed by atoms with Crippen LogP contribution in [0.4, 0.5) is 5.69 Å². The molecular weight excluding hydrogens is 432 g/mol. The van der Waals surface area contributed by atoms with Crippen LogP contribution in [0.5, 0.6) is 5.75 Å². The Labute approximate surface area is 196 Å². The number of anilines is 1. The second-order valence-electron chi connectivity index (χ2n) is 7.86. The van der Waals surface area contributed by atoms with Crippen LogP contribution in [0, 0.1) is 18.3 Å². The number of ketones is 1. The Morgan fingerprint density at radius 1 is 1.03 bits per heavy atom. The highest BCUT2D eigenvalue weighted by Crippen LogP contribution is 2.42. The number of hydrogen-bond donors (Lipinski definition) is 1. The number of nitrogens with zero attached hydrogens (tertiary/aromatic N) is 2. The number of benzene rings is 3. The fourth-order valence-electron chi connectivity index (χ4n) is 3.89. The normalized spacial score (nSPS) is 16.9. The van der Waals surface area contributed by atoms with Crippen molar-refractivity contribution in [2.24, 2.45) is 0 Å². The Balaban J connectivity index is 1.93. The number of aliphatic hydroxyl groups excluding tert-OH is 1. The monoisotopic (exact) mass is 452 g/mol. The first-order valence-electron chi connectivity index (χ1n) is 10.5. The predicted octanol–water partition coefficient (Wildman–Crippen LogP) is 4.42. The first-order valence-corrected chi connectivity index (χ1v) is 10.5. The lowest BCUT2D eigenvalue weighted by Gasteiger charge is -2.25. The maximum absolute atomic E-state index is 13.2. The van der Waals surface area contributed by atoms with Crippen LogP contribution in [0.15, 0.2) is 78.4 Å². The van der Waals surface area contributed by atoms with Crippen molar-refractivity contribution in [3.05, 3.63) is 101 Å². The zero-order chi connectivity index (χ0) is 24.4. The zero-order valence-electron chi connectivity index (χ0n) is 18.5. The first kappa shape index (κ1) is 22.5. The molecule has 34 heavy (non-hydrogen) atoms. The third kappa shape index (κ3) is 4.17. The molecule has 1 saturated heterocycles. The molecule has 4 rings (SSSR count). The third-order valence-corrected chi connectivity index (χ3v) is 5.48. The molecule has 0 spiro atoms. The SMILES string of the molecule is CC(=O)Oc1cccc(C2/C(=C(/O)c3ccc(C)cc3)C(=O)C(=O)N2c2ccc(C#N)cc2)c1. The topological polar surface area (TPSA) is 108 Å². The molecule has 0 aromatic heterocycles. The van der Waals surface area contributed by atoms with E-state index in [1.807, 2.05) is 13.0 Å². The number of rotatable bonds is 4. The van der Waals surface area contributed by atoms with Crippen LogP contribution < -0.4 is 9.64 Å². The van der Waals surface area contributed by atoms with Gasteiger partial charge in [-0.2, -0.15) is 5.26 Å². The van der Waals surface area contributed by atoms with Gasteiger partial charge in [-0.05, 0) is 48.9 Å². The average Bonchev–Trinajstić information content (AvgIpc) is 3.09. The fourth-order valence-corrected chi connectivity index (χ4v) is 3.89. The van der Waals surface area contributed by atoms with Gasteiger partial charge >= 0.3 is 5.97 Å². The Kier molecular flexibility index (Phi) is 5.98. The van der Waals surface area contributed by atoms with Crippen LogP contribution >= 0.6 is 0 Å². The summed E-state index contributed by atoms with van der Waals surface area (Å²) < 4.78 is 5.19. The lowest BCUT2D eigenvalue weighted by Crippen LogP contribution is -2.29. The number of aliphatic hydroxyl groups is 1. The number of nitriles is 1. The minimum absolute atomic E-state index is 0.0850. The van der Waals surface area contributed by atoms with Crippen molar-refractivity contribution in [3.8, 4) is 11.8 Å². The van der Waals surface area contributed by atoms with Gasteiger partial charge in [0.05, 0.1) is 23.2 Å². The Hall–Kier alpha value is -4.70. The molecule has 7 heteroatoms. The molecule has 1 heterocycles. The van der Waals surface area contributed by atoms with Gasteiger partial charge in [0.25, 0.3) is 11.7 Å². The number of aryl methyl sites for hydroxylation is 1. The molecule has 0 saturated carbocycles. The van der Waals surface area contributed by atoms with E-state index in [2.05, 4.69) is 0 Å². The quantitative estimate of drug-likeness (QED) is 0.206. The number of esters is 1. The molecule has 3 aromatic rings. The number of ether oxygens (including phenoxy) is 1. The molecule has 0 aliphatic carbocycles. The van der Waals surface area contributed by atoms with Crippen LogP contribution in [-0.2, 0) is 14.4 Å². The summed E-state index contributed by atoms with van der Waals surface area (Å²) in [5.41, 5.74) is 2.53. The molecule has 168 valence electrons. The van der Waals surface area contributed by atoms with Crippen molar-refractivity contribution >= 4 is 29.1 Å². The fraction of sp³-hybridized carbons (Fsp3) is 0.111. The number of carbonyl (C=O) groups excluding carboxylic acids is 3. The van der Waals surface area contributed by atoms with Gasteiger partial charge in [-0.25, -0.2) is 0 Å². The van der Waals surface area contributed by atoms with Crippen molar-refractivity contribution in [2.45, 2.75) is 19.9 Å². The summed E-state index contributed by atoms with van der Waals surface area (Å²) in [7, 11) is 0. The highest BCUT2D eigenvalue weighted by atomic mass is 16.5. The summed E-state index contributed by atoms with van der Waals surface area (Å²) in [5, 5.41) is 20.3. The molecule has 7 nitrogen and oxygen atoms in total. The lowest BCUT2D eigenvalue weighted by molar-refractivity contribution is -0.132. The number of carbonyl (C=O) groups is 3. The summed E-state index contributed by atoms with van der Waals surface area (Å²) in [4.78, 5) is 39.1. The van der Waals surface area contributed by atoms with E-state index < -0.39 is 23.7 Å². The third-order valence-electron chi connectivity index (χ3n) is 5.48. The van der Waals surface area contributed by atoms with Crippen molar-refractivity contribution < 1.29 is 24.2 Å². The van der Waals surface area contributed by atoms with Gasteiger partial charge in [-0.1, -0.05) is 42.0 Å². The first-order chi connectivity index (χ1) is 16.3. The van der Waals surface area contributed by atoms with E-state index >= 15 is 0 Å². The van der Waals surface area contributed by atoms with E-state index in [0.29, 0.717) is 22.4 Å². The van der Waals surface area contributed by atoms with Gasteiger partial charge in [0.1, 0.15) is 11.5 Å². The molecule has 1 atom stereocenters. The molecule has 1 fully saturated rings. The molecule has 1 amide bonds. The van der Waals surface area contributed by atoms with Crippen LogP contribution in [0.3, 0.4) is 0 Å². The van der Waals surface area contributed by atoms with E-state index in [-0.39, 0.29) is 17.1 Å². The molecule has 3 aromatic carbocycles. The zero-order valence-corrected chi connectivity index (χ0v) is 18.5. The molecule has 0 radical (unpaired) electrons. The second kappa shape index (κ2) is 9.04. The Morgan fingerprint density at radius 2 is 1.71 bits per heavy atom. The number of Topliss-reactive ketones (excluding diaryl/α,β-unsaturated/α-hetero) is 1. The Bertz CT molecular complexity index is 1370. The molecule has 1 aliphatic rings.